The summed E-state index contributed by atoms with van der Waals surface area (Å²) in [5, 5.41) is 8.87. The van der Waals surface area contributed by atoms with E-state index < -0.39 is 0 Å². The predicted octanol–water partition coefficient (Wildman–Crippen LogP) is 1.51. The normalized spacial score (nSPS) is 23.6. The molecule has 0 aliphatic carbocycles. The van der Waals surface area contributed by atoms with E-state index in [0.717, 1.165) is 25.9 Å². The SMILES string of the molecule is COC(C)(C)CCN1CCC(CCO)C1. The molecule has 15 heavy (non-hydrogen) atoms. The fraction of sp³-hybridized carbons (Fsp3) is 1.00. The quantitative estimate of drug-likeness (QED) is 0.729. The molecule has 0 aromatic heterocycles. The van der Waals surface area contributed by atoms with Crippen molar-refractivity contribution in [3.63, 3.8) is 0 Å². The summed E-state index contributed by atoms with van der Waals surface area (Å²) in [4.78, 5) is 2.49. The number of hydrogen-bond donors (Lipinski definition) is 1. The molecule has 1 aliphatic rings. The number of aliphatic hydroxyl groups excluding tert-OH is 1. The molecular formula is C12H25NO2. The molecular weight excluding hydrogens is 190 g/mol. The van der Waals surface area contributed by atoms with E-state index in [1.54, 1.807) is 7.11 Å². The smallest absolute Gasteiger partial charge is 0.0634 e. The number of nitrogens with zero attached hydrogens (tertiary/aromatic N) is 1. The summed E-state index contributed by atoms with van der Waals surface area (Å²) in [6.45, 7) is 8.05. The van der Waals surface area contributed by atoms with Gasteiger partial charge in [-0.1, -0.05) is 0 Å². The van der Waals surface area contributed by atoms with Crippen LogP contribution in [0.25, 0.3) is 0 Å². The highest BCUT2D eigenvalue weighted by atomic mass is 16.5. The van der Waals surface area contributed by atoms with Gasteiger partial charge in [0.15, 0.2) is 0 Å². The summed E-state index contributed by atoms with van der Waals surface area (Å²) in [5.74, 6) is 0.709. The van der Waals surface area contributed by atoms with E-state index in [1.807, 2.05) is 0 Å². The molecule has 1 atom stereocenters. The standard InChI is InChI=1S/C12H25NO2/c1-12(2,15-3)6-8-13-7-4-11(10-13)5-9-14/h11,14H,4-10H2,1-3H3. The van der Waals surface area contributed by atoms with E-state index in [0.29, 0.717) is 12.5 Å². The van der Waals surface area contributed by atoms with Gasteiger partial charge in [0.05, 0.1) is 5.60 Å². The van der Waals surface area contributed by atoms with Crippen LogP contribution in [0, 0.1) is 5.92 Å². The van der Waals surface area contributed by atoms with Crippen molar-refractivity contribution in [3.8, 4) is 0 Å². The van der Waals surface area contributed by atoms with Crippen LogP contribution in [-0.2, 0) is 4.74 Å². The zero-order valence-electron chi connectivity index (χ0n) is 10.3. The summed E-state index contributed by atoms with van der Waals surface area (Å²) in [7, 11) is 1.78. The van der Waals surface area contributed by atoms with Crippen LogP contribution in [0.4, 0.5) is 0 Å². The highest BCUT2D eigenvalue weighted by Gasteiger charge is 2.24. The first-order valence-electron chi connectivity index (χ1n) is 5.96. The molecule has 3 heteroatoms. The molecule has 1 aliphatic heterocycles. The first-order chi connectivity index (χ1) is 7.07. The van der Waals surface area contributed by atoms with Crippen molar-refractivity contribution in [1.29, 1.82) is 0 Å². The Balaban J connectivity index is 2.19. The number of aliphatic hydroxyl groups is 1. The van der Waals surface area contributed by atoms with Gasteiger partial charge in [-0.25, -0.2) is 0 Å². The van der Waals surface area contributed by atoms with Gasteiger partial charge >= 0.3 is 0 Å². The van der Waals surface area contributed by atoms with Crippen molar-refractivity contribution in [1.82, 2.24) is 4.90 Å². The minimum absolute atomic E-state index is 0.00490. The third-order valence-electron chi connectivity index (χ3n) is 3.49. The maximum absolute atomic E-state index is 8.87. The lowest BCUT2D eigenvalue weighted by Crippen LogP contribution is -2.31. The fourth-order valence-corrected chi connectivity index (χ4v) is 2.06. The molecule has 0 saturated carbocycles. The van der Waals surface area contributed by atoms with Crippen molar-refractivity contribution in [2.75, 3.05) is 33.4 Å². The van der Waals surface area contributed by atoms with Gasteiger partial charge < -0.3 is 14.7 Å². The molecule has 1 heterocycles. The minimum atomic E-state index is -0.00490. The lowest BCUT2D eigenvalue weighted by Gasteiger charge is -2.26. The van der Waals surface area contributed by atoms with Gasteiger partial charge in [0.2, 0.25) is 0 Å². The van der Waals surface area contributed by atoms with Crippen molar-refractivity contribution in [2.45, 2.75) is 38.7 Å². The van der Waals surface area contributed by atoms with Crippen LogP contribution in [0.5, 0.6) is 0 Å². The topological polar surface area (TPSA) is 32.7 Å². The largest absolute Gasteiger partial charge is 0.396 e. The van der Waals surface area contributed by atoms with Gasteiger partial charge in [-0.05, 0) is 45.6 Å². The Hall–Kier alpha value is -0.120. The summed E-state index contributed by atoms with van der Waals surface area (Å²) in [5.41, 5.74) is -0.00490. The van der Waals surface area contributed by atoms with Crippen LogP contribution in [0.15, 0.2) is 0 Å². The van der Waals surface area contributed by atoms with Gasteiger partial charge in [0, 0.05) is 26.8 Å². The first kappa shape index (κ1) is 12.9. The van der Waals surface area contributed by atoms with Crippen molar-refractivity contribution in [2.24, 2.45) is 5.92 Å². The maximum atomic E-state index is 8.87. The third kappa shape index (κ3) is 4.49. The number of rotatable bonds is 6. The summed E-state index contributed by atoms with van der Waals surface area (Å²) < 4.78 is 5.41. The Labute approximate surface area is 93.4 Å². The van der Waals surface area contributed by atoms with Gasteiger partial charge in [-0.3, -0.25) is 0 Å². The molecule has 0 spiro atoms. The van der Waals surface area contributed by atoms with E-state index in [9.17, 15) is 0 Å². The van der Waals surface area contributed by atoms with Crippen LogP contribution in [0.3, 0.4) is 0 Å². The Kier molecular flexibility index (Phi) is 5.03. The van der Waals surface area contributed by atoms with Crippen LogP contribution in [0.1, 0.15) is 33.1 Å². The van der Waals surface area contributed by atoms with Crippen molar-refractivity contribution >= 4 is 0 Å². The Morgan fingerprint density at radius 1 is 1.47 bits per heavy atom. The second-order valence-electron chi connectivity index (χ2n) is 5.18. The number of methoxy groups -OCH3 is 1. The maximum Gasteiger partial charge on any atom is 0.0634 e. The van der Waals surface area contributed by atoms with Gasteiger partial charge in [0.25, 0.3) is 0 Å². The molecule has 1 saturated heterocycles. The highest BCUT2D eigenvalue weighted by Crippen LogP contribution is 2.21. The fourth-order valence-electron chi connectivity index (χ4n) is 2.06. The van der Waals surface area contributed by atoms with Gasteiger partial charge in [-0.15, -0.1) is 0 Å². The molecule has 0 bridgehead atoms. The molecule has 0 aromatic carbocycles. The van der Waals surface area contributed by atoms with Crippen LogP contribution >= 0.6 is 0 Å². The molecule has 1 rings (SSSR count). The van der Waals surface area contributed by atoms with Crippen LogP contribution in [-0.4, -0.2) is 49.0 Å². The molecule has 0 amide bonds. The van der Waals surface area contributed by atoms with E-state index in [1.165, 1.54) is 13.0 Å². The van der Waals surface area contributed by atoms with Crippen LogP contribution < -0.4 is 0 Å². The molecule has 90 valence electrons. The average molecular weight is 215 g/mol. The average Bonchev–Trinajstić information content (AvgIpc) is 2.64. The monoisotopic (exact) mass is 215 g/mol. The Morgan fingerprint density at radius 3 is 2.80 bits per heavy atom. The Morgan fingerprint density at radius 2 is 2.20 bits per heavy atom. The second kappa shape index (κ2) is 5.83. The number of likely N-dealkylation sites (tertiary alicyclic amines) is 1. The summed E-state index contributed by atoms with van der Waals surface area (Å²) in [6, 6.07) is 0. The second-order valence-corrected chi connectivity index (χ2v) is 5.18. The van der Waals surface area contributed by atoms with Gasteiger partial charge in [0.1, 0.15) is 0 Å². The van der Waals surface area contributed by atoms with E-state index >= 15 is 0 Å². The lowest BCUT2D eigenvalue weighted by atomic mass is 10.0. The molecule has 3 nitrogen and oxygen atoms in total. The summed E-state index contributed by atoms with van der Waals surface area (Å²) >= 11 is 0. The Bertz CT molecular complexity index is 182. The first-order valence-corrected chi connectivity index (χ1v) is 5.96. The number of ether oxygens (including phenoxy) is 1. The summed E-state index contributed by atoms with van der Waals surface area (Å²) in [6.07, 6.45) is 3.29. The van der Waals surface area contributed by atoms with E-state index in [-0.39, 0.29) is 5.60 Å². The van der Waals surface area contributed by atoms with Crippen molar-refractivity contribution in [3.05, 3.63) is 0 Å². The van der Waals surface area contributed by atoms with Gasteiger partial charge in [-0.2, -0.15) is 0 Å². The zero-order chi connectivity index (χ0) is 11.3. The molecule has 1 fully saturated rings. The molecule has 1 unspecified atom stereocenters. The van der Waals surface area contributed by atoms with Crippen LogP contribution in [0.2, 0.25) is 0 Å². The zero-order valence-corrected chi connectivity index (χ0v) is 10.3. The van der Waals surface area contributed by atoms with E-state index in [4.69, 9.17) is 9.84 Å². The third-order valence-corrected chi connectivity index (χ3v) is 3.49. The highest BCUT2D eigenvalue weighted by molar-refractivity contribution is 4.78. The molecule has 1 N–H and O–H groups in total. The molecule has 0 aromatic rings. The lowest BCUT2D eigenvalue weighted by molar-refractivity contribution is 0.00872. The van der Waals surface area contributed by atoms with Crippen molar-refractivity contribution < 1.29 is 9.84 Å². The van der Waals surface area contributed by atoms with E-state index in [2.05, 4.69) is 18.7 Å². The number of hydrogen-bond acceptors (Lipinski definition) is 3. The predicted molar refractivity (Wildman–Crippen MR) is 62.0 cm³/mol. The minimum Gasteiger partial charge on any atom is -0.396 e. The molecule has 0 radical (unpaired) electrons.